The summed E-state index contributed by atoms with van der Waals surface area (Å²) in [4.78, 5) is 0. The molecule has 1 aliphatic heterocycles. The van der Waals surface area contributed by atoms with Crippen molar-refractivity contribution in [2.75, 3.05) is 13.2 Å². The van der Waals surface area contributed by atoms with Gasteiger partial charge >= 0.3 is 0 Å². The van der Waals surface area contributed by atoms with Crippen molar-refractivity contribution in [3.05, 3.63) is 0 Å². The lowest BCUT2D eigenvalue weighted by molar-refractivity contribution is -0.253. The molecule has 1 N–H and O–H groups in total. The van der Waals surface area contributed by atoms with Crippen LogP contribution in [-0.4, -0.2) is 31.1 Å². The van der Waals surface area contributed by atoms with E-state index in [0.717, 1.165) is 19.3 Å². The second kappa shape index (κ2) is 3.56. The normalized spacial score (nSPS) is 30.0. The summed E-state index contributed by atoms with van der Waals surface area (Å²) in [6.07, 6.45) is 4.01. The molecule has 2 aliphatic rings. The molecule has 1 saturated carbocycles. The third-order valence-corrected chi connectivity index (χ3v) is 2.84. The summed E-state index contributed by atoms with van der Waals surface area (Å²) >= 11 is 0. The van der Waals surface area contributed by atoms with E-state index in [4.69, 9.17) is 9.47 Å². The van der Waals surface area contributed by atoms with Gasteiger partial charge in [0.1, 0.15) is 0 Å². The van der Waals surface area contributed by atoms with Crippen molar-refractivity contribution >= 4 is 0 Å². The summed E-state index contributed by atoms with van der Waals surface area (Å²) in [6, 6.07) is 1.12. The van der Waals surface area contributed by atoms with Gasteiger partial charge < -0.3 is 14.8 Å². The Kier molecular flexibility index (Phi) is 2.58. The lowest BCUT2D eigenvalue weighted by Gasteiger charge is -2.38. The largest absolute Gasteiger partial charge is 0.349 e. The van der Waals surface area contributed by atoms with E-state index in [9.17, 15) is 0 Å². The Balaban J connectivity index is 1.71. The highest BCUT2D eigenvalue weighted by Crippen LogP contribution is 2.21. The molecule has 1 saturated heterocycles. The molecule has 0 radical (unpaired) electrons. The first-order valence-electron chi connectivity index (χ1n) is 5.20. The zero-order valence-corrected chi connectivity index (χ0v) is 8.51. The van der Waals surface area contributed by atoms with Crippen LogP contribution < -0.4 is 5.32 Å². The predicted molar refractivity (Wildman–Crippen MR) is 50.5 cm³/mol. The Labute approximate surface area is 79.8 Å². The van der Waals surface area contributed by atoms with Gasteiger partial charge in [-0.15, -0.1) is 0 Å². The van der Waals surface area contributed by atoms with E-state index in [0.29, 0.717) is 6.04 Å². The number of rotatable bonds is 2. The molecule has 0 bridgehead atoms. The molecule has 1 heterocycles. The standard InChI is InChI=1S/C10H19NO2/c1-10(2)12-6-9(7-13-10)11-8-4-3-5-8/h8-9,11H,3-7H2,1-2H3. The van der Waals surface area contributed by atoms with Crippen molar-refractivity contribution in [1.29, 1.82) is 0 Å². The average molecular weight is 185 g/mol. The van der Waals surface area contributed by atoms with Crippen LogP contribution in [0.5, 0.6) is 0 Å². The number of hydrogen-bond donors (Lipinski definition) is 1. The maximum absolute atomic E-state index is 5.56. The van der Waals surface area contributed by atoms with Crippen LogP contribution in [0.15, 0.2) is 0 Å². The molecule has 0 atom stereocenters. The smallest absolute Gasteiger partial charge is 0.162 e. The van der Waals surface area contributed by atoms with Gasteiger partial charge in [-0.2, -0.15) is 0 Å². The van der Waals surface area contributed by atoms with Gasteiger partial charge in [-0.3, -0.25) is 0 Å². The van der Waals surface area contributed by atoms with Crippen LogP contribution in [0.1, 0.15) is 33.1 Å². The summed E-state index contributed by atoms with van der Waals surface area (Å²) in [6.45, 7) is 5.49. The van der Waals surface area contributed by atoms with Crippen molar-refractivity contribution < 1.29 is 9.47 Å². The van der Waals surface area contributed by atoms with E-state index in [1.807, 2.05) is 13.8 Å². The monoisotopic (exact) mass is 185 g/mol. The quantitative estimate of drug-likeness (QED) is 0.703. The molecule has 0 unspecified atom stereocenters. The number of nitrogens with one attached hydrogen (secondary N) is 1. The lowest BCUT2D eigenvalue weighted by atomic mass is 9.92. The third-order valence-electron chi connectivity index (χ3n) is 2.84. The van der Waals surface area contributed by atoms with E-state index >= 15 is 0 Å². The SMILES string of the molecule is CC1(C)OCC(NC2CCC2)CO1. The summed E-state index contributed by atoms with van der Waals surface area (Å²) in [7, 11) is 0. The van der Waals surface area contributed by atoms with Gasteiger partial charge in [-0.1, -0.05) is 6.42 Å². The Morgan fingerprint density at radius 2 is 1.69 bits per heavy atom. The van der Waals surface area contributed by atoms with Gasteiger partial charge in [0.05, 0.1) is 19.3 Å². The van der Waals surface area contributed by atoms with Crippen LogP contribution in [0, 0.1) is 0 Å². The van der Waals surface area contributed by atoms with Crippen LogP contribution in [-0.2, 0) is 9.47 Å². The second-order valence-corrected chi connectivity index (χ2v) is 4.51. The first-order chi connectivity index (χ1) is 6.16. The lowest BCUT2D eigenvalue weighted by Crippen LogP contribution is -2.52. The maximum atomic E-state index is 5.56. The van der Waals surface area contributed by atoms with Crippen LogP contribution in [0.25, 0.3) is 0 Å². The molecule has 2 rings (SSSR count). The third kappa shape index (κ3) is 2.42. The zero-order valence-electron chi connectivity index (χ0n) is 8.51. The van der Waals surface area contributed by atoms with Crippen molar-refractivity contribution in [2.45, 2.75) is 51.0 Å². The van der Waals surface area contributed by atoms with E-state index in [2.05, 4.69) is 5.32 Å². The topological polar surface area (TPSA) is 30.5 Å². The van der Waals surface area contributed by atoms with Gasteiger partial charge in [0.15, 0.2) is 5.79 Å². The number of ether oxygens (including phenoxy) is 2. The molecule has 0 aromatic heterocycles. The first kappa shape index (κ1) is 9.44. The molecule has 13 heavy (non-hydrogen) atoms. The number of hydrogen-bond acceptors (Lipinski definition) is 3. The van der Waals surface area contributed by atoms with E-state index in [-0.39, 0.29) is 5.79 Å². The second-order valence-electron chi connectivity index (χ2n) is 4.51. The minimum absolute atomic E-state index is 0.377. The molecule has 0 aromatic rings. The summed E-state index contributed by atoms with van der Waals surface area (Å²) in [5.41, 5.74) is 0. The zero-order chi connectivity index (χ0) is 9.31. The summed E-state index contributed by atoms with van der Waals surface area (Å²) in [5, 5.41) is 3.54. The molecule has 3 nitrogen and oxygen atoms in total. The molecular weight excluding hydrogens is 166 g/mol. The van der Waals surface area contributed by atoms with Gasteiger partial charge in [-0.05, 0) is 26.7 Å². The summed E-state index contributed by atoms with van der Waals surface area (Å²) in [5.74, 6) is -0.377. The molecule has 0 spiro atoms. The van der Waals surface area contributed by atoms with Crippen molar-refractivity contribution in [1.82, 2.24) is 5.32 Å². The molecular formula is C10H19NO2. The van der Waals surface area contributed by atoms with Gasteiger partial charge in [0, 0.05) is 6.04 Å². The minimum atomic E-state index is -0.377. The molecule has 2 fully saturated rings. The maximum Gasteiger partial charge on any atom is 0.162 e. The fraction of sp³-hybridized carbons (Fsp3) is 1.00. The van der Waals surface area contributed by atoms with Crippen molar-refractivity contribution in [3.8, 4) is 0 Å². The Bertz CT molecular complexity index is 168. The Morgan fingerprint density at radius 1 is 1.08 bits per heavy atom. The Hall–Kier alpha value is -0.120. The van der Waals surface area contributed by atoms with E-state index in [1.54, 1.807) is 0 Å². The van der Waals surface area contributed by atoms with Crippen LogP contribution in [0.3, 0.4) is 0 Å². The van der Waals surface area contributed by atoms with Gasteiger partial charge in [0.25, 0.3) is 0 Å². The van der Waals surface area contributed by atoms with Crippen LogP contribution >= 0.6 is 0 Å². The predicted octanol–water partition coefficient (Wildman–Crippen LogP) is 1.28. The highest BCUT2D eigenvalue weighted by atomic mass is 16.7. The molecule has 1 aliphatic carbocycles. The molecule has 3 heteroatoms. The van der Waals surface area contributed by atoms with Gasteiger partial charge in [0.2, 0.25) is 0 Å². The van der Waals surface area contributed by atoms with Crippen LogP contribution in [0.2, 0.25) is 0 Å². The minimum Gasteiger partial charge on any atom is -0.349 e. The Morgan fingerprint density at radius 3 is 2.15 bits per heavy atom. The van der Waals surface area contributed by atoms with Gasteiger partial charge in [-0.25, -0.2) is 0 Å². The highest BCUT2D eigenvalue weighted by Gasteiger charge is 2.30. The molecule has 0 amide bonds. The molecule has 0 aromatic carbocycles. The van der Waals surface area contributed by atoms with E-state index in [1.165, 1.54) is 19.3 Å². The van der Waals surface area contributed by atoms with Crippen molar-refractivity contribution in [3.63, 3.8) is 0 Å². The average Bonchev–Trinajstić information content (AvgIpc) is 1.99. The van der Waals surface area contributed by atoms with Crippen LogP contribution in [0.4, 0.5) is 0 Å². The fourth-order valence-corrected chi connectivity index (χ4v) is 1.70. The fourth-order valence-electron chi connectivity index (χ4n) is 1.70. The molecule has 76 valence electrons. The first-order valence-corrected chi connectivity index (χ1v) is 5.20. The highest BCUT2D eigenvalue weighted by molar-refractivity contribution is 4.82. The van der Waals surface area contributed by atoms with Crippen molar-refractivity contribution in [2.24, 2.45) is 0 Å². The van der Waals surface area contributed by atoms with E-state index < -0.39 is 0 Å². The summed E-state index contributed by atoms with van der Waals surface area (Å²) < 4.78 is 11.1.